The summed E-state index contributed by atoms with van der Waals surface area (Å²) in [6.07, 6.45) is -2.50. The van der Waals surface area contributed by atoms with E-state index in [1.165, 1.54) is 0 Å². The van der Waals surface area contributed by atoms with Crippen LogP contribution in [0.5, 0.6) is 0 Å². The van der Waals surface area contributed by atoms with Crippen LogP contribution < -0.4 is 15.7 Å². The smallest absolute Gasteiger partial charge is 0.215 e. The van der Waals surface area contributed by atoms with Crippen molar-refractivity contribution in [3.8, 4) is 0 Å². The van der Waals surface area contributed by atoms with Gasteiger partial charge in [-0.15, -0.1) is 0 Å². The average Bonchev–Trinajstić information content (AvgIpc) is 4.08. The molecular weight excluding hydrogens is 784 g/mol. The molecule has 0 spiro atoms. The molecule has 4 saturated heterocycles. The lowest BCUT2D eigenvalue weighted by Crippen LogP contribution is -2.39. The van der Waals surface area contributed by atoms with E-state index in [-0.39, 0.29) is 27.2 Å². The first kappa shape index (κ1) is 39.4. The number of hydrogen-bond donors (Lipinski definition) is 0. The third-order valence-corrected chi connectivity index (χ3v) is 11.7. The maximum atomic E-state index is 6.69. The molecule has 16 nitrogen and oxygen atoms in total. The second-order valence-electron chi connectivity index (χ2n) is 15.1. The molecule has 11 unspecified atom stereocenters. The van der Waals surface area contributed by atoms with Crippen molar-refractivity contribution in [2.24, 2.45) is 0 Å². The Morgan fingerprint density at radius 3 is 1.60 bits per heavy atom. The summed E-state index contributed by atoms with van der Waals surface area (Å²) in [5.74, 6) is 0.596. The van der Waals surface area contributed by atoms with Gasteiger partial charge in [-0.2, -0.15) is 0 Å². The highest BCUT2D eigenvalue weighted by Crippen LogP contribution is 2.47. The van der Waals surface area contributed by atoms with Crippen LogP contribution in [0.15, 0.2) is 36.4 Å². The van der Waals surface area contributed by atoms with Crippen molar-refractivity contribution in [1.82, 2.24) is 0 Å². The summed E-state index contributed by atoms with van der Waals surface area (Å²) >= 11 is 0. The fourth-order valence-electron chi connectivity index (χ4n) is 8.95. The van der Waals surface area contributed by atoms with Crippen LogP contribution in [0.2, 0.25) is 0 Å². The summed E-state index contributed by atoms with van der Waals surface area (Å²) < 4.78 is 94.8. The molecule has 16 heteroatoms. The van der Waals surface area contributed by atoms with Gasteiger partial charge >= 0.3 is 0 Å². The van der Waals surface area contributed by atoms with E-state index in [0.29, 0.717) is 38.6 Å². The van der Waals surface area contributed by atoms with Crippen molar-refractivity contribution in [3.05, 3.63) is 63.2 Å². The van der Waals surface area contributed by atoms with Gasteiger partial charge in [0.1, 0.15) is 24.1 Å². The molecule has 4 heterocycles. The van der Waals surface area contributed by atoms with Crippen molar-refractivity contribution in [3.63, 3.8) is 0 Å². The Morgan fingerprint density at radius 1 is 0.467 bits per heavy atom. The quantitative estimate of drug-likeness (QED) is 0.0436. The zero-order valence-corrected chi connectivity index (χ0v) is 33.8. The van der Waals surface area contributed by atoms with Crippen molar-refractivity contribution in [2.75, 3.05) is 53.6 Å². The molecule has 0 amide bonds. The van der Waals surface area contributed by atoms with Crippen LogP contribution in [0.25, 0.3) is 49.7 Å². The lowest BCUT2D eigenvalue weighted by atomic mass is 9.75. The van der Waals surface area contributed by atoms with Crippen molar-refractivity contribution in [2.45, 2.75) is 103 Å². The molecule has 320 valence electrons. The van der Waals surface area contributed by atoms with Gasteiger partial charge in [0.2, 0.25) is 50.3 Å². The third kappa shape index (κ3) is 7.10. The van der Waals surface area contributed by atoms with Crippen molar-refractivity contribution in [1.29, 1.82) is 0 Å². The van der Waals surface area contributed by atoms with Gasteiger partial charge in [-0.05, 0) is 88.2 Å². The minimum atomic E-state index is -0.654. The highest BCUT2D eigenvalue weighted by molar-refractivity contribution is 6.25. The molecule has 11 rings (SSSR count). The highest BCUT2D eigenvalue weighted by atomic mass is 16.9. The molecule has 4 aromatic rings. The van der Waals surface area contributed by atoms with E-state index >= 15 is 0 Å². The Hall–Kier alpha value is -3.40. The molecule has 60 heavy (non-hydrogen) atoms. The molecule has 0 N–H and O–H groups in total. The fourth-order valence-corrected chi connectivity index (χ4v) is 8.95. The van der Waals surface area contributed by atoms with E-state index in [2.05, 4.69) is 42.5 Å². The third-order valence-electron chi connectivity index (χ3n) is 11.7. The number of benzene rings is 4. The van der Waals surface area contributed by atoms with Gasteiger partial charge < -0.3 is 75.8 Å². The van der Waals surface area contributed by atoms with Crippen LogP contribution in [0.1, 0.15) is 57.5 Å². The number of rotatable bonds is 24. The SMILES string of the molecule is CCOC1OC1OCOC1=c2ccc3c4c5c6c(ccc7ccc(c(c24)c76)C1OCOC1OC1OCC)C(OCOC1OC1OCC)C(OCOC1OC1OCC)C=5CC=3. The molecule has 0 saturated carbocycles. The second kappa shape index (κ2) is 16.4. The monoisotopic (exact) mass is 832 g/mol. The van der Waals surface area contributed by atoms with Crippen LogP contribution in [0.3, 0.4) is 0 Å². The van der Waals surface area contributed by atoms with Gasteiger partial charge in [-0.25, -0.2) is 0 Å². The van der Waals surface area contributed by atoms with E-state index in [1.54, 1.807) is 0 Å². The Morgan fingerprint density at radius 2 is 1.00 bits per heavy atom. The zero-order chi connectivity index (χ0) is 40.5. The summed E-state index contributed by atoms with van der Waals surface area (Å²) in [6, 6.07) is 12.8. The first-order valence-corrected chi connectivity index (χ1v) is 20.8. The molecule has 4 aliphatic heterocycles. The minimum absolute atomic E-state index is 0.0362. The number of ether oxygens (including phenoxy) is 16. The van der Waals surface area contributed by atoms with Crippen molar-refractivity contribution < 1.29 is 75.8 Å². The summed E-state index contributed by atoms with van der Waals surface area (Å²) in [7, 11) is 0. The van der Waals surface area contributed by atoms with Crippen LogP contribution in [-0.4, -0.2) is 110 Å². The second-order valence-corrected chi connectivity index (χ2v) is 15.1. The van der Waals surface area contributed by atoms with Crippen LogP contribution >= 0.6 is 0 Å². The molecular formula is C44H48O16. The van der Waals surface area contributed by atoms with Gasteiger partial charge in [-0.1, -0.05) is 42.5 Å². The topological polar surface area (TPSA) is 161 Å². The highest BCUT2D eigenvalue weighted by Gasteiger charge is 2.46. The molecule has 11 atom stereocenters. The molecule has 4 fully saturated rings. The van der Waals surface area contributed by atoms with E-state index in [9.17, 15) is 0 Å². The summed E-state index contributed by atoms with van der Waals surface area (Å²) in [5, 5.41) is 9.63. The van der Waals surface area contributed by atoms with Crippen LogP contribution in [-0.2, 0) is 75.8 Å². The molecule has 4 aromatic carbocycles. The summed E-state index contributed by atoms with van der Waals surface area (Å²) in [6.45, 7) is 9.51. The standard InChI is InChI=1S/C44H48O16/c1-5-45-37-41(57-37)53-17-49-33-23-13-9-21-11-15-25-31-27(21)29(23)30-24(34(33)50-18-54-42-38(58-42)46-6-2)14-10-22-12-16-26(32(31)28(22)30)36(52-20-56-44-40(60-44)48-8-4)35(25)51-19-55-43-39(59-43)47-7-3/h9-15,33,35-44H,5-8,16-20H2,1-4H3. The number of hydrogen-bond acceptors (Lipinski definition) is 16. The van der Waals surface area contributed by atoms with Gasteiger partial charge in [0, 0.05) is 37.0 Å². The maximum Gasteiger partial charge on any atom is 0.215 e. The van der Waals surface area contributed by atoms with Gasteiger partial charge in [0.25, 0.3) is 0 Å². The van der Waals surface area contributed by atoms with Crippen LogP contribution in [0, 0.1) is 0 Å². The minimum Gasteiger partial charge on any atom is -0.468 e. The lowest BCUT2D eigenvalue weighted by molar-refractivity contribution is -0.173. The van der Waals surface area contributed by atoms with E-state index in [0.717, 1.165) is 64.7 Å². The predicted molar refractivity (Wildman–Crippen MR) is 208 cm³/mol. The molecule has 0 bridgehead atoms. The molecule has 7 aliphatic rings. The first-order valence-electron chi connectivity index (χ1n) is 20.8. The van der Waals surface area contributed by atoms with Gasteiger partial charge in [0.15, 0.2) is 27.2 Å². The summed E-state index contributed by atoms with van der Waals surface area (Å²) in [4.78, 5) is 0. The van der Waals surface area contributed by atoms with Crippen molar-refractivity contribution >= 4 is 49.7 Å². The largest absolute Gasteiger partial charge is 0.468 e. The molecule has 0 aromatic heterocycles. The van der Waals surface area contributed by atoms with E-state index < -0.39 is 68.6 Å². The van der Waals surface area contributed by atoms with Crippen LogP contribution in [0.4, 0.5) is 0 Å². The zero-order valence-electron chi connectivity index (χ0n) is 33.8. The predicted octanol–water partition coefficient (Wildman–Crippen LogP) is 3.62. The van der Waals surface area contributed by atoms with Gasteiger partial charge in [-0.3, -0.25) is 0 Å². The lowest BCUT2D eigenvalue weighted by Gasteiger charge is -2.36. The Bertz CT molecular complexity index is 2460. The fraction of sp³-hybridized carbons (Fsp3) is 0.545. The van der Waals surface area contributed by atoms with E-state index in [4.69, 9.17) is 75.8 Å². The van der Waals surface area contributed by atoms with E-state index in [1.807, 2.05) is 27.7 Å². The molecule has 3 aliphatic carbocycles. The Balaban J connectivity index is 1.02. The van der Waals surface area contributed by atoms with Gasteiger partial charge in [0.05, 0.1) is 0 Å². The summed E-state index contributed by atoms with van der Waals surface area (Å²) in [5.41, 5.74) is 2.98. The number of epoxide rings is 4. The Labute approximate surface area is 344 Å². The average molecular weight is 833 g/mol. The Kier molecular flexibility index (Phi) is 10.8. The maximum absolute atomic E-state index is 6.69. The molecule has 0 radical (unpaired) electrons. The first-order chi connectivity index (χ1) is 29.6. The normalized spacial score (nSPS) is 31.5.